The second kappa shape index (κ2) is 7.60. The lowest BCUT2D eigenvalue weighted by molar-refractivity contribution is 0.107. The van der Waals surface area contributed by atoms with E-state index in [1.54, 1.807) is 12.1 Å². The minimum atomic E-state index is -0.0906. The SMILES string of the molecule is N#Cc1cccc(-c2ccc(=O)n3c2[C@@H]2C[C@@H](CN(Cc4ccc(CO)o4)C2)C3)c1. The molecule has 1 N–H and O–H groups in total. The van der Waals surface area contributed by atoms with Crippen LogP contribution < -0.4 is 5.56 Å². The second-order valence-electron chi connectivity index (χ2n) is 8.29. The number of aromatic nitrogens is 1. The van der Waals surface area contributed by atoms with Gasteiger partial charge in [0, 0.05) is 42.9 Å². The van der Waals surface area contributed by atoms with Gasteiger partial charge in [0.25, 0.3) is 5.56 Å². The molecule has 0 aliphatic carbocycles. The van der Waals surface area contributed by atoms with E-state index in [0.29, 0.717) is 30.3 Å². The number of hydrogen-bond donors (Lipinski definition) is 1. The van der Waals surface area contributed by atoms with Gasteiger partial charge in [0.15, 0.2) is 0 Å². The third-order valence-corrected chi connectivity index (χ3v) is 6.22. The van der Waals surface area contributed by atoms with Crippen LogP contribution in [-0.2, 0) is 19.7 Å². The van der Waals surface area contributed by atoms with Gasteiger partial charge in [-0.05, 0) is 48.2 Å². The summed E-state index contributed by atoms with van der Waals surface area (Å²) >= 11 is 0. The standard InChI is InChI=1S/C24H23N3O3/c25-10-16-2-1-3-18(8-16)22-6-7-23(29)27-12-17-9-19(24(22)27)13-26(11-17)14-20-4-5-21(15-28)30-20/h1-8,17,19,28H,9,11-15H2/t17-,19+/m0/s1. The molecule has 1 aromatic carbocycles. The van der Waals surface area contributed by atoms with E-state index < -0.39 is 0 Å². The summed E-state index contributed by atoms with van der Waals surface area (Å²) in [4.78, 5) is 15.1. The monoisotopic (exact) mass is 401 g/mol. The number of furan rings is 1. The largest absolute Gasteiger partial charge is 0.462 e. The maximum Gasteiger partial charge on any atom is 0.250 e. The Morgan fingerprint density at radius 1 is 1.10 bits per heavy atom. The van der Waals surface area contributed by atoms with Crippen molar-refractivity contribution >= 4 is 0 Å². The van der Waals surface area contributed by atoms with Gasteiger partial charge in [-0.15, -0.1) is 0 Å². The van der Waals surface area contributed by atoms with Crippen molar-refractivity contribution in [2.75, 3.05) is 13.1 Å². The number of aliphatic hydroxyl groups is 1. The third kappa shape index (κ3) is 3.36. The van der Waals surface area contributed by atoms with Crippen LogP contribution in [0.4, 0.5) is 0 Å². The Bertz CT molecular complexity index is 1190. The first-order valence-corrected chi connectivity index (χ1v) is 10.3. The number of benzene rings is 1. The molecular formula is C24H23N3O3. The van der Waals surface area contributed by atoms with E-state index in [-0.39, 0.29) is 18.1 Å². The molecule has 2 aromatic heterocycles. The fraction of sp³-hybridized carbons (Fsp3) is 0.333. The predicted molar refractivity (Wildman–Crippen MR) is 112 cm³/mol. The predicted octanol–water partition coefficient (Wildman–Crippen LogP) is 3.09. The van der Waals surface area contributed by atoms with Crippen LogP contribution in [0.1, 0.15) is 35.1 Å². The molecule has 0 unspecified atom stereocenters. The molecule has 2 atom stereocenters. The number of hydrogen-bond acceptors (Lipinski definition) is 5. The number of fused-ring (bicyclic) bond motifs is 4. The molecule has 3 aromatic rings. The van der Waals surface area contributed by atoms with E-state index in [2.05, 4.69) is 11.0 Å². The fourth-order valence-corrected chi connectivity index (χ4v) is 5.06. The summed E-state index contributed by atoms with van der Waals surface area (Å²) in [5, 5.41) is 18.5. The molecule has 2 bridgehead atoms. The van der Waals surface area contributed by atoms with Crippen molar-refractivity contribution in [1.82, 2.24) is 9.47 Å². The molecule has 0 radical (unpaired) electrons. The first-order chi connectivity index (χ1) is 14.6. The van der Waals surface area contributed by atoms with Gasteiger partial charge in [-0.1, -0.05) is 12.1 Å². The van der Waals surface area contributed by atoms with Gasteiger partial charge in [-0.2, -0.15) is 5.26 Å². The summed E-state index contributed by atoms with van der Waals surface area (Å²) < 4.78 is 7.63. The Labute approximate surface area is 174 Å². The van der Waals surface area contributed by atoms with Crippen LogP contribution in [-0.4, -0.2) is 27.7 Å². The van der Waals surface area contributed by atoms with Crippen LogP contribution >= 0.6 is 0 Å². The van der Waals surface area contributed by atoms with Gasteiger partial charge in [0.1, 0.15) is 18.1 Å². The van der Waals surface area contributed by atoms with Crippen LogP contribution in [0.15, 0.2) is 57.7 Å². The van der Waals surface area contributed by atoms with Crippen molar-refractivity contribution in [3.63, 3.8) is 0 Å². The molecule has 30 heavy (non-hydrogen) atoms. The van der Waals surface area contributed by atoms with E-state index in [4.69, 9.17) is 4.42 Å². The molecule has 1 saturated heterocycles. The fourth-order valence-electron chi connectivity index (χ4n) is 5.06. The van der Waals surface area contributed by atoms with Gasteiger partial charge in [-0.25, -0.2) is 0 Å². The summed E-state index contributed by atoms with van der Waals surface area (Å²) in [6.07, 6.45) is 1.06. The molecule has 2 aliphatic heterocycles. The van der Waals surface area contributed by atoms with Crippen molar-refractivity contribution < 1.29 is 9.52 Å². The lowest BCUT2D eigenvalue weighted by Gasteiger charge is -2.43. The van der Waals surface area contributed by atoms with Crippen LogP contribution in [0, 0.1) is 17.2 Å². The summed E-state index contributed by atoms with van der Waals surface area (Å²) in [5.41, 5.74) is 3.76. The van der Waals surface area contributed by atoms with Crippen molar-refractivity contribution in [2.45, 2.75) is 32.0 Å². The first kappa shape index (κ1) is 18.9. The van der Waals surface area contributed by atoms with E-state index in [9.17, 15) is 15.2 Å². The minimum Gasteiger partial charge on any atom is -0.462 e. The van der Waals surface area contributed by atoms with Gasteiger partial charge in [0.2, 0.25) is 0 Å². The van der Waals surface area contributed by atoms with Crippen LogP contribution in [0.25, 0.3) is 11.1 Å². The third-order valence-electron chi connectivity index (χ3n) is 6.22. The number of pyridine rings is 1. The Morgan fingerprint density at radius 2 is 1.97 bits per heavy atom. The van der Waals surface area contributed by atoms with Gasteiger partial charge >= 0.3 is 0 Å². The molecule has 152 valence electrons. The number of rotatable bonds is 4. The highest BCUT2D eigenvalue weighted by molar-refractivity contribution is 5.68. The maximum absolute atomic E-state index is 12.7. The van der Waals surface area contributed by atoms with Gasteiger partial charge < -0.3 is 14.1 Å². The summed E-state index contributed by atoms with van der Waals surface area (Å²) in [5.74, 6) is 2.10. The van der Waals surface area contributed by atoms with Crippen molar-refractivity contribution in [2.24, 2.45) is 5.92 Å². The normalized spacial score (nSPS) is 20.5. The highest BCUT2D eigenvalue weighted by Crippen LogP contribution is 2.40. The van der Waals surface area contributed by atoms with Crippen LogP contribution in [0.2, 0.25) is 0 Å². The Morgan fingerprint density at radius 3 is 2.77 bits per heavy atom. The zero-order chi connectivity index (χ0) is 20.7. The van der Waals surface area contributed by atoms with Crippen LogP contribution in [0.3, 0.4) is 0 Å². The lowest BCUT2D eigenvalue weighted by atomic mass is 9.80. The molecule has 1 fully saturated rings. The van der Waals surface area contributed by atoms with E-state index >= 15 is 0 Å². The molecule has 0 amide bonds. The molecule has 5 rings (SSSR count). The highest BCUT2D eigenvalue weighted by Gasteiger charge is 2.36. The lowest BCUT2D eigenvalue weighted by Crippen LogP contribution is -2.46. The second-order valence-corrected chi connectivity index (χ2v) is 8.29. The first-order valence-electron chi connectivity index (χ1n) is 10.3. The number of nitrogens with zero attached hydrogens (tertiary/aromatic N) is 3. The number of nitriles is 1. The zero-order valence-corrected chi connectivity index (χ0v) is 16.6. The zero-order valence-electron chi connectivity index (χ0n) is 16.6. The Balaban J connectivity index is 1.50. The van der Waals surface area contributed by atoms with Gasteiger partial charge in [0.05, 0.1) is 18.2 Å². The molecule has 4 heterocycles. The topological polar surface area (TPSA) is 82.4 Å². The smallest absolute Gasteiger partial charge is 0.250 e. The van der Waals surface area contributed by atoms with E-state index in [1.165, 1.54) is 0 Å². The van der Waals surface area contributed by atoms with Crippen molar-refractivity contribution in [3.8, 4) is 17.2 Å². The van der Waals surface area contributed by atoms with E-state index in [0.717, 1.165) is 42.1 Å². The molecule has 2 aliphatic rings. The van der Waals surface area contributed by atoms with Crippen LogP contribution in [0.5, 0.6) is 0 Å². The summed E-state index contributed by atoms with van der Waals surface area (Å²) in [7, 11) is 0. The number of piperidine rings is 1. The van der Waals surface area contributed by atoms with Gasteiger partial charge in [-0.3, -0.25) is 9.69 Å². The Hall–Kier alpha value is -3.14. The average Bonchev–Trinajstić information content (AvgIpc) is 3.22. The number of likely N-dealkylation sites (tertiary alicyclic amines) is 1. The molecule has 6 heteroatoms. The quantitative estimate of drug-likeness (QED) is 0.726. The summed E-state index contributed by atoms with van der Waals surface area (Å²) in [6.45, 7) is 3.09. The Kier molecular flexibility index (Phi) is 4.78. The molecular weight excluding hydrogens is 378 g/mol. The average molecular weight is 401 g/mol. The minimum absolute atomic E-state index is 0.0481. The van der Waals surface area contributed by atoms with Crippen molar-refractivity contribution in [1.29, 1.82) is 5.26 Å². The molecule has 6 nitrogen and oxygen atoms in total. The highest BCUT2D eigenvalue weighted by atomic mass is 16.4. The number of aliphatic hydroxyl groups excluding tert-OH is 1. The van der Waals surface area contributed by atoms with Crippen molar-refractivity contribution in [3.05, 3.63) is 81.7 Å². The summed E-state index contributed by atoms with van der Waals surface area (Å²) in [6, 6.07) is 17.1. The maximum atomic E-state index is 12.7. The molecule has 0 spiro atoms. The van der Waals surface area contributed by atoms with E-state index in [1.807, 2.05) is 41.0 Å². The molecule has 0 saturated carbocycles.